The highest BCUT2D eigenvalue weighted by Crippen LogP contribution is 2.60. The van der Waals surface area contributed by atoms with Gasteiger partial charge in [0.05, 0.1) is 11.8 Å². The molecule has 3 aliphatic carbocycles. The van der Waals surface area contributed by atoms with Gasteiger partial charge < -0.3 is 4.74 Å². The standard InChI is InChI=1S/C21H29Br2NO4/c1-9(2)11-5-4-10(3)6-14(11)28-15(25)8-24-20(26)16-12-7-13(17(16)21(24)27)19(23)18(12)22/h9-14,16-19H,4-8H2,1-3H3/t10-,11+,12-,13-,14+,16-,17+,18-,19+/m0/s1. The predicted octanol–water partition coefficient (Wildman–Crippen LogP) is 3.77. The van der Waals surface area contributed by atoms with Gasteiger partial charge in [-0.05, 0) is 48.9 Å². The van der Waals surface area contributed by atoms with Crippen LogP contribution in [-0.4, -0.2) is 45.0 Å². The fraction of sp³-hybridized carbons (Fsp3) is 0.857. The third-order valence-electron chi connectivity index (χ3n) is 7.61. The summed E-state index contributed by atoms with van der Waals surface area (Å²) in [4.78, 5) is 40.2. The van der Waals surface area contributed by atoms with Crippen LogP contribution in [0.25, 0.3) is 0 Å². The van der Waals surface area contributed by atoms with Crippen molar-refractivity contribution >= 4 is 49.6 Å². The normalized spacial score (nSPS) is 45.1. The summed E-state index contributed by atoms with van der Waals surface area (Å²) in [5.74, 6) is 0.312. The smallest absolute Gasteiger partial charge is 0.326 e. The fourth-order valence-electron chi connectivity index (χ4n) is 6.15. The monoisotopic (exact) mass is 517 g/mol. The van der Waals surface area contributed by atoms with Crippen LogP contribution in [0.3, 0.4) is 0 Å². The Balaban J connectivity index is 1.43. The summed E-state index contributed by atoms with van der Waals surface area (Å²) in [5.41, 5.74) is 0. The Morgan fingerprint density at radius 1 is 1.07 bits per heavy atom. The highest BCUT2D eigenvalue weighted by atomic mass is 79.9. The minimum absolute atomic E-state index is 0.112. The zero-order valence-electron chi connectivity index (χ0n) is 16.6. The second kappa shape index (κ2) is 7.68. The van der Waals surface area contributed by atoms with Crippen molar-refractivity contribution in [1.82, 2.24) is 4.90 Å². The van der Waals surface area contributed by atoms with Gasteiger partial charge in [-0.3, -0.25) is 19.3 Å². The second-order valence-corrected chi connectivity index (χ2v) is 11.7. The number of likely N-dealkylation sites (tertiary alicyclic amines) is 1. The van der Waals surface area contributed by atoms with E-state index in [9.17, 15) is 14.4 Å². The first-order chi connectivity index (χ1) is 13.2. The molecule has 7 heteroatoms. The van der Waals surface area contributed by atoms with Crippen LogP contribution >= 0.6 is 31.9 Å². The molecule has 4 aliphatic rings. The number of esters is 1. The van der Waals surface area contributed by atoms with Crippen LogP contribution < -0.4 is 0 Å². The maximum atomic E-state index is 13.0. The van der Waals surface area contributed by atoms with E-state index in [1.165, 1.54) is 4.90 Å². The van der Waals surface area contributed by atoms with Crippen molar-refractivity contribution in [2.75, 3.05) is 6.54 Å². The fourth-order valence-corrected chi connectivity index (χ4v) is 8.03. The highest BCUT2D eigenvalue weighted by molar-refractivity contribution is 9.12. The van der Waals surface area contributed by atoms with Gasteiger partial charge in [0, 0.05) is 9.65 Å². The van der Waals surface area contributed by atoms with Gasteiger partial charge in [0.1, 0.15) is 12.6 Å². The van der Waals surface area contributed by atoms with Crippen molar-refractivity contribution in [3.63, 3.8) is 0 Å². The quantitative estimate of drug-likeness (QED) is 0.323. The van der Waals surface area contributed by atoms with Crippen molar-refractivity contribution in [1.29, 1.82) is 0 Å². The van der Waals surface area contributed by atoms with E-state index in [2.05, 4.69) is 52.6 Å². The van der Waals surface area contributed by atoms with Crippen LogP contribution in [0, 0.1) is 41.4 Å². The molecular weight excluding hydrogens is 490 g/mol. The van der Waals surface area contributed by atoms with Gasteiger partial charge >= 0.3 is 5.97 Å². The first kappa shape index (κ1) is 20.8. The van der Waals surface area contributed by atoms with Gasteiger partial charge in [-0.2, -0.15) is 0 Å². The summed E-state index contributed by atoms with van der Waals surface area (Å²) in [5, 5.41) is 0. The molecule has 0 N–H and O–H groups in total. The third kappa shape index (κ3) is 3.28. The number of hydrogen-bond acceptors (Lipinski definition) is 4. The molecule has 1 saturated heterocycles. The lowest BCUT2D eigenvalue weighted by Crippen LogP contribution is -2.41. The van der Waals surface area contributed by atoms with E-state index in [0.717, 1.165) is 25.7 Å². The minimum Gasteiger partial charge on any atom is -0.461 e. The number of alkyl halides is 2. The van der Waals surface area contributed by atoms with Gasteiger partial charge in [0.2, 0.25) is 11.8 Å². The van der Waals surface area contributed by atoms with Crippen molar-refractivity contribution in [3.8, 4) is 0 Å². The van der Waals surface area contributed by atoms with E-state index in [4.69, 9.17) is 4.74 Å². The Morgan fingerprint density at radius 3 is 2.18 bits per heavy atom. The summed E-state index contributed by atoms with van der Waals surface area (Å²) >= 11 is 7.37. The summed E-state index contributed by atoms with van der Waals surface area (Å²) in [6, 6.07) is 0. The topological polar surface area (TPSA) is 63.7 Å². The molecule has 0 spiro atoms. The summed E-state index contributed by atoms with van der Waals surface area (Å²) in [6.07, 6.45) is 3.87. The van der Waals surface area contributed by atoms with Gasteiger partial charge in [-0.25, -0.2) is 0 Å². The van der Waals surface area contributed by atoms with Crippen LogP contribution in [0.15, 0.2) is 0 Å². The first-order valence-electron chi connectivity index (χ1n) is 10.5. The molecule has 1 aliphatic heterocycles. The van der Waals surface area contributed by atoms with Crippen LogP contribution in [-0.2, 0) is 19.1 Å². The van der Waals surface area contributed by atoms with Gasteiger partial charge in [-0.1, -0.05) is 59.1 Å². The number of carbonyl (C=O) groups is 3. The highest BCUT2D eigenvalue weighted by Gasteiger charge is 2.66. The molecule has 0 aromatic heterocycles. The summed E-state index contributed by atoms with van der Waals surface area (Å²) < 4.78 is 5.82. The van der Waals surface area contributed by atoms with Gasteiger partial charge in [0.25, 0.3) is 0 Å². The Labute approximate surface area is 183 Å². The molecule has 4 fully saturated rings. The molecule has 0 radical (unpaired) electrons. The molecule has 0 unspecified atom stereocenters. The van der Waals surface area contributed by atoms with Crippen molar-refractivity contribution in [2.24, 2.45) is 41.4 Å². The molecule has 0 aromatic rings. The third-order valence-corrected chi connectivity index (χ3v) is 10.8. The molecular formula is C21H29Br2NO4. The molecule has 4 rings (SSSR count). The number of fused-ring (bicyclic) bond motifs is 5. The first-order valence-corrected chi connectivity index (χ1v) is 12.4. The van der Waals surface area contributed by atoms with Crippen LogP contribution in [0.1, 0.15) is 46.5 Å². The average molecular weight is 519 g/mol. The number of carbonyl (C=O) groups excluding carboxylic acids is 3. The molecule has 5 nitrogen and oxygen atoms in total. The number of amides is 2. The maximum Gasteiger partial charge on any atom is 0.326 e. The largest absolute Gasteiger partial charge is 0.461 e. The number of rotatable bonds is 4. The molecule has 0 aromatic carbocycles. The molecule has 1 heterocycles. The van der Waals surface area contributed by atoms with Crippen LogP contribution in [0.4, 0.5) is 0 Å². The zero-order chi connectivity index (χ0) is 20.3. The van der Waals surface area contributed by atoms with E-state index in [-0.39, 0.29) is 57.8 Å². The number of imide groups is 1. The number of halogens is 2. The zero-order valence-corrected chi connectivity index (χ0v) is 19.8. The Kier molecular flexibility index (Phi) is 5.71. The van der Waals surface area contributed by atoms with E-state index < -0.39 is 5.97 Å². The molecule has 9 atom stereocenters. The number of nitrogens with zero attached hydrogens (tertiary/aromatic N) is 1. The average Bonchev–Trinajstić information content (AvgIpc) is 3.22. The lowest BCUT2D eigenvalue weighted by molar-refractivity contribution is -0.162. The van der Waals surface area contributed by atoms with Crippen LogP contribution in [0.5, 0.6) is 0 Å². The summed E-state index contributed by atoms with van der Waals surface area (Å²) in [7, 11) is 0. The van der Waals surface area contributed by atoms with Crippen molar-refractivity contribution in [2.45, 2.75) is 62.2 Å². The summed E-state index contributed by atoms with van der Waals surface area (Å²) in [6.45, 7) is 6.29. The Hall–Kier alpha value is -0.430. The molecule has 156 valence electrons. The maximum absolute atomic E-state index is 13.0. The SMILES string of the molecule is CC(C)[C@H]1CC[C@H](C)C[C@H]1OC(=O)CN1C(=O)[C@@H]2[C@@H]3C[C@H]([C@H](Br)[C@@H]3Br)[C@@H]2C1=O. The lowest BCUT2D eigenvalue weighted by atomic mass is 9.75. The number of ether oxygens (including phenoxy) is 1. The number of hydrogen-bond donors (Lipinski definition) is 0. The molecule has 3 saturated carbocycles. The Bertz CT molecular complexity index is 651. The van der Waals surface area contributed by atoms with E-state index in [1.54, 1.807) is 0 Å². The Morgan fingerprint density at radius 2 is 1.64 bits per heavy atom. The van der Waals surface area contributed by atoms with Gasteiger partial charge in [0.15, 0.2) is 0 Å². The second-order valence-electron chi connectivity index (χ2n) is 9.62. The van der Waals surface area contributed by atoms with E-state index >= 15 is 0 Å². The van der Waals surface area contributed by atoms with Crippen molar-refractivity contribution in [3.05, 3.63) is 0 Å². The van der Waals surface area contributed by atoms with E-state index in [0.29, 0.717) is 17.8 Å². The molecule has 2 bridgehead atoms. The lowest BCUT2D eigenvalue weighted by Gasteiger charge is -2.36. The predicted molar refractivity (Wildman–Crippen MR) is 112 cm³/mol. The minimum atomic E-state index is -0.440. The van der Waals surface area contributed by atoms with Crippen molar-refractivity contribution < 1.29 is 19.1 Å². The molecule has 2 amide bonds. The van der Waals surface area contributed by atoms with Gasteiger partial charge in [-0.15, -0.1) is 0 Å². The van der Waals surface area contributed by atoms with Crippen LogP contribution in [0.2, 0.25) is 0 Å². The van der Waals surface area contributed by atoms with E-state index in [1.807, 2.05) is 0 Å². The molecule has 28 heavy (non-hydrogen) atoms.